The van der Waals surface area contributed by atoms with Gasteiger partial charge < -0.3 is 4.90 Å². The standard InChI is InChI=1S/C8H12F3NO/c1-2-3-7(13)12-4-6(5-12)8(9,10)11/h6H,2-5H2,1H3. The molecule has 1 aliphatic heterocycles. The smallest absolute Gasteiger partial charge is 0.341 e. The van der Waals surface area contributed by atoms with Crippen LogP contribution < -0.4 is 0 Å². The second-order valence-electron chi connectivity index (χ2n) is 3.29. The molecule has 0 aromatic rings. The molecule has 1 rings (SSSR count). The van der Waals surface area contributed by atoms with E-state index in [2.05, 4.69) is 0 Å². The van der Waals surface area contributed by atoms with E-state index in [1.807, 2.05) is 6.92 Å². The molecule has 76 valence electrons. The van der Waals surface area contributed by atoms with Crippen molar-refractivity contribution >= 4 is 5.91 Å². The lowest BCUT2D eigenvalue weighted by Crippen LogP contribution is -2.55. The van der Waals surface area contributed by atoms with Gasteiger partial charge in [0.1, 0.15) is 0 Å². The molecule has 1 heterocycles. The number of hydrogen-bond acceptors (Lipinski definition) is 1. The summed E-state index contributed by atoms with van der Waals surface area (Å²) in [6.45, 7) is 1.53. The number of alkyl halides is 3. The first-order valence-electron chi connectivity index (χ1n) is 4.29. The molecule has 0 saturated carbocycles. The summed E-state index contributed by atoms with van der Waals surface area (Å²) >= 11 is 0. The van der Waals surface area contributed by atoms with Crippen molar-refractivity contribution in [1.82, 2.24) is 4.90 Å². The predicted molar refractivity (Wildman–Crippen MR) is 41.0 cm³/mol. The van der Waals surface area contributed by atoms with Crippen LogP contribution in [0.15, 0.2) is 0 Å². The highest BCUT2D eigenvalue weighted by Crippen LogP contribution is 2.33. The lowest BCUT2D eigenvalue weighted by atomic mass is 9.99. The Kier molecular flexibility index (Phi) is 2.83. The number of hydrogen-bond donors (Lipinski definition) is 0. The van der Waals surface area contributed by atoms with Gasteiger partial charge in [-0.15, -0.1) is 0 Å². The van der Waals surface area contributed by atoms with Crippen molar-refractivity contribution in [3.63, 3.8) is 0 Å². The van der Waals surface area contributed by atoms with Gasteiger partial charge in [-0.2, -0.15) is 13.2 Å². The number of carbonyl (C=O) groups excluding carboxylic acids is 1. The van der Waals surface area contributed by atoms with Crippen molar-refractivity contribution in [2.75, 3.05) is 13.1 Å². The summed E-state index contributed by atoms with van der Waals surface area (Å²) in [6, 6.07) is 0. The van der Waals surface area contributed by atoms with E-state index >= 15 is 0 Å². The van der Waals surface area contributed by atoms with Crippen LogP contribution in [-0.2, 0) is 4.79 Å². The molecule has 0 aromatic heterocycles. The Labute approximate surface area is 74.7 Å². The molecule has 13 heavy (non-hydrogen) atoms. The fourth-order valence-corrected chi connectivity index (χ4v) is 1.26. The lowest BCUT2D eigenvalue weighted by molar-refractivity contribution is -0.209. The minimum absolute atomic E-state index is 0.150. The van der Waals surface area contributed by atoms with Crippen LogP contribution in [0.5, 0.6) is 0 Å². The SMILES string of the molecule is CCCC(=O)N1CC(C(F)(F)F)C1. The minimum atomic E-state index is -4.14. The Morgan fingerprint density at radius 1 is 1.46 bits per heavy atom. The van der Waals surface area contributed by atoms with E-state index in [0.29, 0.717) is 12.8 Å². The number of likely N-dealkylation sites (tertiary alicyclic amines) is 1. The Morgan fingerprint density at radius 2 is 2.00 bits per heavy atom. The molecule has 0 aromatic carbocycles. The van der Waals surface area contributed by atoms with Gasteiger partial charge in [0.2, 0.25) is 5.91 Å². The predicted octanol–water partition coefficient (Wildman–Crippen LogP) is 1.81. The Bertz CT molecular complexity index is 196. The summed E-state index contributed by atoms with van der Waals surface area (Å²) < 4.78 is 36.0. The summed E-state index contributed by atoms with van der Waals surface area (Å²) in [4.78, 5) is 12.3. The first kappa shape index (κ1) is 10.3. The van der Waals surface area contributed by atoms with E-state index in [0.717, 1.165) is 0 Å². The van der Waals surface area contributed by atoms with Crippen molar-refractivity contribution in [1.29, 1.82) is 0 Å². The minimum Gasteiger partial charge on any atom is -0.341 e. The summed E-state index contributed by atoms with van der Waals surface area (Å²) in [5.41, 5.74) is 0. The third-order valence-corrected chi connectivity index (χ3v) is 2.16. The quantitative estimate of drug-likeness (QED) is 0.658. The van der Waals surface area contributed by atoms with E-state index in [1.165, 1.54) is 4.90 Å². The molecule has 0 bridgehead atoms. The molecule has 0 radical (unpaired) electrons. The zero-order valence-electron chi connectivity index (χ0n) is 7.40. The van der Waals surface area contributed by atoms with Crippen LogP contribution in [0, 0.1) is 5.92 Å². The molecular weight excluding hydrogens is 183 g/mol. The molecular formula is C8H12F3NO. The van der Waals surface area contributed by atoms with E-state index in [9.17, 15) is 18.0 Å². The first-order chi connectivity index (χ1) is 5.95. The van der Waals surface area contributed by atoms with Crippen LogP contribution in [0.3, 0.4) is 0 Å². The average Bonchev–Trinajstić information content (AvgIpc) is 1.79. The van der Waals surface area contributed by atoms with Gasteiger partial charge in [-0.05, 0) is 6.42 Å². The van der Waals surface area contributed by atoms with E-state index in [1.54, 1.807) is 0 Å². The number of nitrogens with zero attached hydrogens (tertiary/aromatic N) is 1. The third-order valence-electron chi connectivity index (χ3n) is 2.16. The normalized spacial score (nSPS) is 18.6. The number of rotatable bonds is 2. The summed E-state index contributed by atoms with van der Waals surface area (Å²) in [5, 5.41) is 0. The van der Waals surface area contributed by atoms with Gasteiger partial charge >= 0.3 is 6.18 Å². The molecule has 1 saturated heterocycles. The van der Waals surface area contributed by atoms with Crippen LogP contribution in [0.2, 0.25) is 0 Å². The highest BCUT2D eigenvalue weighted by atomic mass is 19.4. The van der Waals surface area contributed by atoms with Crippen molar-refractivity contribution in [2.45, 2.75) is 25.9 Å². The maximum atomic E-state index is 12.0. The number of halogens is 3. The summed E-state index contributed by atoms with van der Waals surface area (Å²) in [6.07, 6.45) is -3.10. The molecule has 0 N–H and O–H groups in total. The number of amides is 1. The molecule has 0 spiro atoms. The molecule has 0 aliphatic carbocycles. The maximum absolute atomic E-state index is 12.0. The van der Waals surface area contributed by atoms with Crippen LogP contribution in [0.1, 0.15) is 19.8 Å². The van der Waals surface area contributed by atoms with Gasteiger partial charge in [0.25, 0.3) is 0 Å². The maximum Gasteiger partial charge on any atom is 0.395 e. The highest BCUT2D eigenvalue weighted by Gasteiger charge is 2.48. The van der Waals surface area contributed by atoms with Crippen LogP contribution in [0.25, 0.3) is 0 Å². The monoisotopic (exact) mass is 195 g/mol. The first-order valence-corrected chi connectivity index (χ1v) is 4.29. The van der Waals surface area contributed by atoms with Crippen molar-refractivity contribution in [3.05, 3.63) is 0 Å². The molecule has 1 aliphatic rings. The zero-order valence-corrected chi connectivity index (χ0v) is 7.40. The molecule has 2 nitrogen and oxygen atoms in total. The lowest BCUT2D eigenvalue weighted by Gasteiger charge is -2.40. The van der Waals surface area contributed by atoms with Crippen LogP contribution >= 0.6 is 0 Å². The third kappa shape index (κ3) is 2.35. The van der Waals surface area contributed by atoms with E-state index in [4.69, 9.17) is 0 Å². The Balaban J connectivity index is 2.29. The number of carbonyl (C=O) groups is 1. The van der Waals surface area contributed by atoms with Crippen molar-refractivity contribution in [3.8, 4) is 0 Å². The molecule has 1 amide bonds. The molecule has 1 fully saturated rings. The zero-order chi connectivity index (χ0) is 10.1. The van der Waals surface area contributed by atoms with Gasteiger partial charge in [-0.25, -0.2) is 0 Å². The fourth-order valence-electron chi connectivity index (χ4n) is 1.26. The Morgan fingerprint density at radius 3 is 2.38 bits per heavy atom. The summed E-state index contributed by atoms with van der Waals surface area (Å²) in [5.74, 6) is -1.46. The van der Waals surface area contributed by atoms with E-state index in [-0.39, 0.29) is 19.0 Å². The Hall–Kier alpha value is -0.740. The highest BCUT2D eigenvalue weighted by molar-refractivity contribution is 5.76. The van der Waals surface area contributed by atoms with Gasteiger partial charge in [0, 0.05) is 19.5 Å². The largest absolute Gasteiger partial charge is 0.395 e. The molecule has 5 heteroatoms. The molecule has 0 unspecified atom stereocenters. The van der Waals surface area contributed by atoms with E-state index < -0.39 is 12.1 Å². The second kappa shape index (κ2) is 3.55. The van der Waals surface area contributed by atoms with Gasteiger partial charge in [-0.1, -0.05) is 6.92 Å². The van der Waals surface area contributed by atoms with Gasteiger partial charge in [0.15, 0.2) is 0 Å². The summed E-state index contributed by atoms with van der Waals surface area (Å²) in [7, 11) is 0. The van der Waals surface area contributed by atoms with Crippen molar-refractivity contribution in [2.24, 2.45) is 5.92 Å². The van der Waals surface area contributed by atoms with Crippen LogP contribution in [-0.4, -0.2) is 30.1 Å². The molecule has 0 atom stereocenters. The fraction of sp³-hybridized carbons (Fsp3) is 0.875. The second-order valence-corrected chi connectivity index (χ2v) is 3.29. The average molecular weight is 195 g/mol. The topological polar surface area (TPSA) is 20.3 Å². The van der Waals surface area contributed by atoms with Gasteiger partial charge in [0.05, 0.1) is 5.92 Å². The van der Waals surface area contributed by atoms with Gasteiger partial charge in [-0.3, -0.25) is 4.79 Å². The van der Waals surface area contributed by atoms with Crippen LogP contribution in [0.4, 0.5) is 13.2 Å². The van der Waals surface area contributed by atoms with Crippen molar-refractivity contribution < 1.29 is 18.0 Å².